The Morgan fingerprint density at radius 2 is 1.94 bits per heavy atom. The van der Waals surface area contributed by atoms with Crippen LogP contribution in [0.4, 0.5) is 5.95 Å². The maximum Gasteiger partial charge on any atom is 0.324 e. The lowest BCUT2D eigenvalue weighted by molar-refractivity contribution is 0.0846. The molecule has 0 radical (unpaired) electrons. The van der Waals surface area contributed by atoms with Crippen molar-refractivity contribution in [3.8, 4) is 12.0 Å². The van der Waals surface area contributed by atoms with E-state index in [9.17, 15) is 0 Å². The van der Waals surface area contributed by atoms with E-state index in [4.69, 9.17) is 14.2 Å². The number of rotatable bonds is 7. The van der Waals surface area contributed by atoms with Gasteiger partial charge in [-0.15, -0.1) is 4.98 Å². The molecular weight excluding hydrogens is 224 g/mol. The Hall–Kier alpha value is -1.63. The maximum absolute atomic E-state index is 5.48. The smallest absolute Gasteiger partial charge is 0.324 e. The fourth-order valence-corrected chi connectivity index (χ4v) is 1.14. The lowest BCUT2D eigenvalue weighted by atomic mass is 10.4. The maximum atomic E-state index is 5.48. The van der Waals surface area contributed by atoms with Gasteiger partial charge in [-0.1, -0.05) is 0 Å². The third kappa shape index (κ3) is 4.39. The van der Waals surface area contributed by atoms with Gasteiger partial charge in [0.1, 0.15) is 6.10 Å². The molecule has 0 bridgehead atoms. The molecule has 7 heteroatoms. The minimum atomic E-state index is -0.137. The molecule has 0 aliphatic carbocycles. The molecule has 1 rings (SSSR count). The van der Waals surface area contributed by atoms with E-state index >= 15 is 0 Å². The molecule has 1 N–H and O–H groups in total. The minimum absolute atomic E-state index is 0.137. The summed E-state index contributed by atoms with van der Waals surface area (Å²) in [7, 11) is 3.32. The lowest BCUT2D eigenvalue weighted by Gasteiger charge is -2.12. The van der Waals surface area contributed by atoms with Gasteiger partial charge in [-0.25, -0.2) is 0 Å². The van der Waals surface area contributed by atoms with Gasteiger partial charge < -0.3 is 19.5 Å². The average Bonchev–Trinajstić information content (AvgIpc) is 2.29. The van der Waals surface area contributed by atoms with Crippen LogP contribution in [0.5, 0.6) is 12.0 Å². The summed E-state index contributed by atoms with van der Waals surface area (Å²) in [4.78, 5) is 12.1. The van der Waals surface area contributed by atoms with Crippen LogP contribution < -0.4 is 14.8 Å². The van der Waals surface area contributed by atoms with Gasteiger partial charge in [0, 0.05) is 14.2 Å². The van der Waals surface area contributed by atoms with Crippen LogP contribution in [0.3, 0.4) is 0 Å². The van der Waals surface area contributed by atoms with Crippen molar-refractivity contribution in [3.63, 3.8) is 0 Å². The number of hydrogen-bond donors (Lipinski definition) is 1. The molecule has 96 valence electrons. The zero-order valence-corrected chi connectivity index (χ0v) is 10.6. The zero-order valence-electron chi connectivity index (χ0n) is 10.6. The van der Waals surface area contributed by atoms with Crippen LogP contribution >= 0.6 is 0 Å². The highest BCUT2D eigenvalue weighted by molar-refractivity contribution is 5.26. The van der Waals surface area contributed by atoms with E-state index in [0.717, 1.165) is 0 Å². The second-order valence-electron chi connectivity index (χ2n) is 3.29. The summed E-state index contributed by atoms with van der Waals surface area (Å²) < 4.78 is 15.7. The molecule has 0 aromatic carbocycles. The Morgan fingerprint density at radius 1 is 1.24 bits per heavy atom. The molecule has 0 aliphatic heterocycles. The third-order valence-corrected chi connectivity index (χ3v) is 1.80. The number of aromatic nitrogens is 3. The third-order valence-electron chi connectivity index (χ3n) is 1.80. The van der Waals surface area contributed by atoms with Gasteiger partial charge in [-0.3, -0.25) is 0 Å². The molecule has 0 saturated carbocycles. The summed E-state index contributed by atoms with van der Waals surface area (Å²) in [6.45, 7) is 4.67. The van der Waals surface area contributed by atoms with Crippen LogP contribution in [0.15, 0.2) is 0 Å². The van der Waals surface area contributed by atoms with Crippen molar-refractivity contribution >= 4 is 5.95 Å². The van der Waals surface area contributed by atoms with Crippen LogP contribution in [-0.2, 0) is 4.74 Å². The van der Waals surface area contributed by atoms with Gasteiger partial charge in [0.25, 0.3) is 0 Å². The van der Waals surface area contributed by atoms with E-state index in [0.29, 0.717) is 19.2 Å². The standard InChI is InChI=1S/C10H18N4O3/c1-5-16-9-12-8(11-3)13-10(14-9)17-7(2)6-15-4/h7H,5-6H2,1-4H3,(H,11,12,13,14). The predicted octanol–water partition coefficient (Wildman–Crippen LogP) is 0.726. The Bertz CT molecular complexity index is 348. The summed E-state index contributed by atoms with van der Waals surface area (Å²) in [5.41, 5.74) is 0. The van der Waals surface area contributed by atoms with Crippen LogP contribution in [0, 0.1) is 0 Å². The molecule has 0 amide bonds. The molecule has 0 aliphatic rings. The summed E-state index contributed by atoms with van der Waals surface area (Å²) in [6.07, 6.45) is -0.137. The first-order chi connectivity index (χ1) is 8.19. The summed E-state index contributed by atoms with van der Waals surface area (Å²) in [6, 6.07) is 0.462. The van der Waals surface area contributed by atoms with E-state index in [1.807, 2.05) is 13.8 Å². The molecular formula is C10H18N4O3. The minimum Gasteiger partial charge on any atom is -0.464 e. The Morgan fingerprint density at radius 3 is 2.53 bits per heavy atom. The molecule has 0 spiro atoms. The molecule has 7 nitrogen and oxygen atoms in total. The van der Waals surface area contributed by atoms with Gasteiger partial charge in [0.15, 0.2) is 0 Å². The fourth-order valence-electron chi connectivity index (χ4n) is 1.14. The van der Waals surface area contributed by atoms with E-state index in [-0.39, 0.29) is 18.1 Å². The van der Waals surface area contributed by atoms with Crippen LogP contribution in [0.1, 0.15) is 13.8 Å². The largest absolute Gasteiger partial charge is 0.464 e. The summed E-state index contributed by atoms with van der Waals surface area (Å²) in [5.74, 6) is 0.406. The molecule has 1 unspecified atom stereocenters. The number of ether oxygens (including phenoxy) is 3. The quantitative estimate of drug-likeness (QED) is 0.754. The highest BCUT2D eigenvalue weighted by Gasteiger charge is 2.10. The highest BCUT2D eigenvalue weighted by Crippen LogP contribution is 2.13. The average molecular weight is 242 g/mol. The molecule has 17 heavy (non-hydrogen) atoms. The number of hydrogen-bond acceptors (Lipinski definition) is 7. The molecule has 1 aromatic rings. The second kappa shape index (κ2) is 6.85. The van der Waals surface area contributed by atoms with Gasteiger partial charge in [-0.05, 0) is 13.8 Å². The monoisotopic (exact) mass is 242 g/mol. The highest BCUT2D eigenvalue weighted by atomic mass is 16.5. The van der Waals surface area contributed by atoms with Crippen LogP contribution in [0.25, 0.3) is 0 Å². The topological polar surface area (TPSA) is 78.4 Å². The predicted molar refractivity (Wildman–Crippen MR) is 62.5 cm³/mol. The van der Waals surface area contributed by atoms with Crippen LogP contribution in [-0.4, -0.2) is 48.4 Å². The molecule has 1 heterocycles. The zero-order chi connectivity index (χ0) is 12.7. The van der Waals surface area contributed by atoms with Crippen molar-refractivity contribution in [2.75, 3.05) is 32.7 Å². The summed E-state index contributed by atoms with van der Waals surface area (Å²) >= 11 is 0. The molecule has 0 fully saturated rings. The Kier molecular flexibility index (Phi) is 5.41. The Labute approximate surface area is 101 Å². The van der Waals surface area contributed by atoms with E-state index in [1.165, 1.54) is 0 Å². The van der Waals surface area contributed by atoms with Crippen molar-refractivity contribution in [2.24, 2.45) is 0 Å². The lowest BCUT2D eigenvalue weighted by Crippen LogP contribution is -2.20. The van der Waals surface area contributed by atoms with E-state index in [1.54, 1.807) is 14.2 Å². The van der Waals surface area contributed by atoms with Crippen molar-refractivity contribution in [2.45, 2.75) is 20.0 Å². The van der Waals surface area contributed by atoms with Crippen LogP contribution in [0.2, 0.25) is 0 Å². The molecule has 0 saturated heterocycles. The van der Waals surface area contributed by atoms with Gasteiger partial charge in [-0.2, -0.15) is 9.97 Å². The number of anilines is 1. The van der Waals surface area contributed by atoms with Crippen molar-refractivity contribution < 1.29 is 14.2 Å². The number of nitrogens with zero attached hydrogens (tertiary/aromatic N) is 3. The first-order valence-electron chi connectivity index (χ1n) is 5.41. The van der Waals surface area contributed by atoms with Gasteiger partial charge in [0.05, 0.1) is 13.2 Å². The number of methoxy groups -OCH3 is 1. The van der Waals surface area contributed by atoms with Gasteiger partial charge in [0.2, 0.25) is 5.95 Å². The summed E-state index contributed by atoms with van der Waals surface area (Å²) in [5, 5.41) is 2.82. The van der Waals surface area contributed by atoms with Crippen molar-refractivity contribution in [1.29, 1.82) is 0 Å². The Balaban J connectivity index is 2.79. The van der Waals surface area contributed by atoms with Crippen molar-refractivity contribution in [3.05, 3.63) is 0 Å². The van der Waals surface area contributed by atoms with E-state index in [2.05, 4.69) is 20.3 Å². The normalized spacial score (nSPS) is 12.0. The first-order valence-corrected chi connectivity index (χ1v) is 5.41. The fraction of sp³-hybridized carbons (Fsp3) is 0.700. The SMILES string of the molecule is CCOc1nc(NC)nc(OC(C)COC)n1. The molecule has 1 aromatic heterocycles. The molecule has 1 atom stereocenters. The van der Waals surface area contributed by atoms with E-state index < -0.39 is 0 Å². The second-order valence-corrected chi connectivity index (χ2v) is 3.29. The van der Waals surface area contributed by atoms with Gasteiger partial charge >= 0.3 is 12.0 Å². The number of nitrogens with one attached hydrogen (secondary N) is 1. The first kappa shape index (κ1) is 13.4. The van der Waals surface area contributed by atoms with Crippen molar-refractivity contribution in [1.82, 2.24) is 15.0 Å².